The zero-order valence-electron chi connectivity index (χ0n) is 12.0. The Bertz CT molecular complexity index is 492. The van der Waals surface area contributed by atoms with Gasteiger partial charge < -0.3 is 20.1 Å². The molecule has 1 heterocycles. The average molecular weight is 292 g/mol. The van der Waals surface area contributed by atoms with Crippen molar-refractivity contribution < 1.29 is 19.4 Å². The number of urea groups is 1. The first kappa shape index (κ1) is 15.3. The first-order valence-corrected chi connectivity index (χ1v) is 7.06. The van der Waals surface area contributed by atoms with Gasteiger partial charge in [0.2, 0.25) is 0 Å². The van der Waals surface area contributed by atoms with Crippen LogP contribution >= 0.6 is 0 Å². The summed E-state index contributed by atoms with van der Waals surface area (Å²) in [5, 5.41) is 11.9. The quantitative estimate of drug-likeness (QED) is 0.884. The molecular formula is C15H20N2O4. The Morgan fingerprint density at radius 2 is 2.14 bits per heavy atom. The molecule has 2 N–H and O–H groups in total. The Kier molecular flexibility index (Phi) is 5.16. The molecule has 2 amide bonds. The van der Waals surface area contributed by atoms with Crippen molar-refractivity contribution in [1.29, 1.82) is 0 Å². The van der Waals surface area contributed by atoms with Gasteiger partial charge in [-0.05, 0) is 12.0 Å². The van der Waals surface area contributed by atoms with Crippen molar-refractivity contribution in [2.24, 2.45) is 0 Å². The van der Waals surface area contributed by atoms with E-state index in [4.69, 9.17) is 9.84 Å². The van der Waals surface area contributed by atoms with E-state index in [1.807, 2.05) is 37.3 Å². The van der Waals surface area contributed by atoms with E-state index in [1.165, 1.54) is 4.90 Å². The van der Waals surface area contributed by atoms with Crippen molar-refractivity contribution in [2.45, 2.75) is 25.5 Å². The van der Waals surface area contributed by atoms with Crippen LogP contribution in [0.1, 0.15) is 24.9 Å². The summed E-state index contributed by atoms with van der Waals surface area (Å²) in [5.74, 6) is -1.04. The van der Waals surface area contributed by atoms with E-state index in [0.29, 0.717) is 6.54 Å². The molecule has 0 saturated carbocycles. The highest BCUT2D eigenvalue weighted by Gasteiger charge is 2.29. The first-order chi connectivity index (χ1) is 10.1. The summed E-state index contributed by atoms with van der Waals surface area (Å²) < 4.78 is 5.11. The van der Waals surface area contributed by atoms with Gasteiger partial charge in [0.25, 0.3) is 0 Å². The van der Waals surface area contributed by atoms with Crippen LogP contribution < -0.4 is 5.32 Å². The van der Waals surface area contributed by atoms with Crippen molar-refractivity contribution in [3.63, 3.8) is 0 Å². The summed E-state index contributed by atoms with van der Waals surface area (Å²) >= 11 is 0. The van der Waals surface area contributed by atoms with Crippen molar-refractivity contribution in [3.05, 3.63) is 35.9 Å². The van der Waals surface area contributed by atoms with E-state index in [1.54, 1.807) is 0 Å². The fraction of sp³-hybridized carbons (Fsp3) is 0.467. The second-order valence-corrected chi connectivity index (χ2v) is 4.96. The van der Waals surface area contributed by atoms with Crippen molar-refractivity contribution in [2.75, 3.05) is 19.7 Å². The molecular weight excluding hydrogens is 272 g/mol. The topological polar surface area (TPSA) is 78.9 Å². The Balaban J connectivity index is 1.98. The molecule has 1 fully saturated rings. The summed E-state index contributed by atoms with van der Waals surface area (Å²) in [6.07, 6.45) is -0.177. The lowest BCUT2D eigenvalue weighted by Crippen LogP contribution is -2.52. The maximum atomic E-state index is 12.3. The van der Waals surface area contributed by atoms with E-state index in [9.17, 15) is 9.59 Å². The molecule has 1 aromatic carbocycles. The minimum Gasteiger partial charge on any atom is -0.479 e. The molecule has 1 aliphatic heterocycles. The molecule has 2 atom stereocenters. The molecule has 0 aliphatic carbocycles. The number of carboxylic acid groups (broad SMARTS) is 1. The molecule has 1 saturated heterocycles. The van der Waals surface area contributed by atoms with Crippen molar-refractivity contribution >= 4 is 12.0 Å². The highest BCUT2D eigenvalue weighted by atomic mass is 16.5. The molecule has 6 nitrogen and oxygen atoms in total. The Hall–Kier alpha value is -2.08. The fourth-order valence-corrected chi connectivity index (χ4v) is 2.33. The van der Waals surface area contributed by atoms with Gasteiger partial charge in [0, 0.05) is 6.54 Å². The molecule has 1 aliphatic rings. The highest BCUT2D eigenvalue weighted by molar-refractivity contribution is 5.77. The predicted octanol–water partition coefficient (Wildman–Crippen LogP) is 1.63. The lowest BCUT2D eigenvalue weighted by Gasteiger charge is -2.32. The van der Waals surface area contributed by atoms with Crippen LogP contribution in [0.15, 0.2) is 30.3 Å². The van der Waals surface area contributed by atoms with Crippen LogP contribution in [0.25, 0.3) is 0 Å². The van der Waals surface area contributed by atoms with Gasteiger partial charge in [0.15, 0.2) is 6.10 Å². The third-order valence-corrected chi connectivity index (χ3v) is 3.54. The number of carbonyl (C=O) groups is 2. The fourth-order valence-electron chi connectivity index (χ4n) is 2.33. The first-order valence-electron chi connectivity index (χ1n) is 7.06. The monoisotopic (exact) mass is 292 g/mol. The smallest absolute Gasteiger partial charge is 0.334 e. The zero-order valence-corrected chi connectivity index (χ0v) is 12.0. The van der Waals surface area contributed by atoms with Crippen LogP contribution in [-0.4, -0.2) is 47.8 Å². The number of rotatable bonds is 4. The molecule has 2 rings (SSSR count). The van der Waals surface area contributed by atoms with Gasteiger partial charge in [0.1, 0.15) is 0 Å². The van der Waals surface area contributed by atoms with Gasteiger partial charge in [-0.3, -0.25) is 0 Å². The SMILES string of the molecule is CCC(NC(=O)N1CCOC(C(=O)O)C1)c1ccccc1. The summed E-state index contributed by atoms with van der Waals surface area (Å²) in [4.78, 5) is 24.7. The number of aliphatic carboxylic acids is 1. The summed E-state index contributed by atoms with van der Waals surface area (Å²) in [7, 11) is 0. The van der Waals surface area contributed by atoms with Gasteiger partial charge in [-0.25, -0.2) is 9.59 Å². The molecule has 21 heavy (non-hydrogen) atoms. The number of amides is 2. The second kappa shape index (κ2) is 7.08. The Morgan fingerprint density at radius 3 is 2.76 bits per heavy atom. The van der Waals surface area contributed by atoms with Crippen molar-refractivity contribution in [1.82, 2.24) is 10.2 Å². The third-order valence-electron chi connectivity index (χ3n) is 3.54. The highest BCUT2D eigenvalue weighted by Crippen LogP contribution is 2.17. The van der Waals surface area contributed by atoms with E-state index >= 15 is 0 Å². The van der Waals surface area contributed by atoms with Gasteiger partial charge >= 0.3 is 12.0 Å². The Morgan fingerprint density at radius 1 is 1.43 bits per heavy atom. The van der Waals surface area contributed by atoms with Gasteiger partial charge in [-0.2, -0.15) is 0 Å². The zero-order chi connectivity index (χ0) is 15.2. The molecule has 0 radical (unpaired) electrons. The van der Waals surface area contributed by atoms with Gasteiger partial charge in [-0.1, -0.05) is 37.3 Å². The van der Waals surface area contributed by atoms with Crippen LogP contribution in [0.3, 0.4) is 0 Å². The molecule has 0 aromatic heterocycles. The maximum Gasteiger partial charge on any atom is 0.334 e. The van der Waals surface area contributed by atoms with Crippen LogP contribution in [0.5, 0.6) is 0 Å². The minimum atomic E-state index is -1.04. The Labute approximate surface area is 123 Å². The molecule has 1 aromatic rings. The van der Waals surface area contributed by atoms with Gasteiger partial charge in [0.05, 0.1) is 19.2 Å². The van der Waals surface area contributed by atoms with Crippen LogP contribution in [-0.2, 0) is 9.53 Å². The molecule has 114 valence electrons. The number of ether oxygens (including phenoxy) is 1. The van der Waals surface area contributed by atoms with E-state index in [2.05, 4.69) is 5.32 Å². The minimum absolute atomic E-state index is 0.0758. The lowest BCUT2D eigenvalue weighted by atomic mass is 10.1. The van der Waals surface area contributed by atoms with E-state index < -0.39 is 12.1 Å². The molecule has 0 bridgehead atoms. The molecule has 0 spiro atoms. The number of nitrogens with zero attached hydrogens (tertiary/aromatic N) is 1. The third kappa shape index (κ3) is 3.95. The maximum absolute atomic E-state index is 12.3. The number of hydrogen-bond acceptors (Lipinski definition) is 3. The van der Waals surface area contributed by atoms with Crippen LogP contribution in [0, 0.1) is 0 Å². The van der Waals surface area contributed by atoms with Crippen molar-refractivity contribution in [3.8, 4) is 0 Å². The normalized spacial score (nSPS) is 19.9. The predicted molar refractivity (Wildman–Crippen MR) is 77.0 cm³/mol. The largest absolute Gasteiger partial charge is 0.479 e. The number of morpholine rings is 1. The van der Waals surface area contributed by atoms with Crippen LogP contribution in [0.4, 0.5) is 4.79 Å². The number of carboxylic acids is 1. The summed E-state index contributed by atoms with van der Waals surface area (Å²) in [6.45, 7) is 2.72. The lowest BCUT2D eigenvalue weighted by molar-refractivity contribution is -0.154. The number of carbonyl (C=O) groups excluding carboxylic acids is 1. The van der Waals surface area contributed by atoms with E-state index in [-0.39, 0.29) is 25.2 Å². The van der Waals surface area contributed by atoms with E-state index in [0.717, 1.165) is 12.0 Å². The average Bonchev–Trinajstić information content (AvgIpc) is 2.53. The second-order valence-electron chi connectivity index (χ2n) is 4.96. The number of hydrogen-bond donors (Lipinski definition) is 2. The standard InChI is InChI=1S/C15H20N2O4/c1-2-12(11-6-4-3-5-7-11)16-15(20)17-8-9-21-13(10-17)14(18)19/h3-7,12-13H,2,8-10H2,1H3,(H,16,20)(H,18,19). The van der Waals surface area contributed by atoms with Crippen LogP contribution in [0.2, 0.25) is 0 Å². The summed E-state index contributed by atoms with van der Waals surface area (Å²) in [5.41, 5.74) is 1.04. The molecule has 6 heteroatoms. The van der Waals surface area contributed by atoms with Gasteiger partial charge in [-0.15, -0.1) is 0 Å². The summed E-state index contributed by atoms with van der Waals surface area (Å²) in [6, 6.07) is 9.39. The molecule has 2 unspecified atom stereocenters. The number of benzene rings is 1. The number of nitrogens with one attached hydrogen (secondary N) is 1.